The maximum atomic E-state index is 11.7. The largest absolute Gasteiger partial charge is 0.326 e. The summed E-state index contributed by atoms with van der Waals surface area (Å²) >= 11 is 0. The van der Waals surface area contributed by atoms with Crippen molar-refractivity contribution < 1.29 is 14.4 Å². The normalized spacial score (nSPS) is 13.8. The van der Waals surface area contributed by atoms with Gasteiger partial charge in [0, 0.05) is 31.5 Å². The van der Waals surface area contributed by atoms with Crippen LogP contribution in [0.25, 0.3) is 0 Å². The molecule has 5 nitrogen and oxygen atoms in total. The predicted octanol–water partition coefficient (Wildman–Crippen LogP) is 2.12. The highest BCUT2D eigenvalue weighted by atomic mass is 16.2. The Balaban J connectivity index is 1.80. The van der Waals surface area contributed by atoms with Crippen LogP contribution in [0.2, 0.25) is 0 Å². The lowest BCUT2D eigenvalue weighted by Gasteiger charge is -2.28. The van der Waals surface area contributed by atoms with E-state index in [9.17, 15) is 14.4 Å². The Morgan fingerprint density at radius 3 is 2.43 bits per heavy atom. The number of anilines is 1. The van der Waals surface area contributed by atoms with Gasteiger partial charge in [0.25, 0.3) is 0 Å². The molecule has 112 valence electrons. The average Bonchev–Trinajstić information content (AvgIpc) is 2.45. The number of carbonyl (C=O) groups is 3. The SMILES string of the molecule is CCCC(=O)Nc1ccc(CCC(=O)N2CCC2=O)cc1. The Bertz CT molecular complexity index is 537. The predicted molar refractivity (Wildman–Crippen MR) is 79.6 cm³/mol. The number of hydrogen-bond acceptors (Lipinski definition) is 3. The van der Waals surface area contributed by atoms with Gasteiger partial charge in [-0.15, -0.1) is 0 Å². The van der Waals surface area contributed by atoms with Crippen LogP contribution >= 0.6 is 0 Å². The Morgan fingerprint density at radius 2 is 1.90 bits per heavy atom. The van der Waals surface area contributed by atoms with Gasteiger partial charge in [0.1, 0.15) is 0 Å². The first-order chi connectivity index (χ1) is 10.1. The second-order valence-corrected chi connectivity index (χ2v) is 5.18. The fraction of sp³-hybridized carbons (Fsp3) is 0.438. The minimum absolute atomic E-state index is 0.0109. The van der Waals surface area contributed by atoms with Crippen molar-refractivity contribution in [2.45, 2.75) is 39.0 Å². The number of likely N-dealkylation sites (tertiary alicyclic amines) is 1. The summed E-state index contributed by atoms with van der Waals surface area (Å²) in [4.78, 5) is 35.7. The van der Waals surface area contributed by atoms with Crippen molar-refractivity contribution in [2.75, 3.05) is 11.9 Å². The second-order valence-electron chi connectivity index (χ2n) is 5.18. The number of imide groups is 1. The summed E-state index contributed by atoms with van der Waals surface area (Å²) < 4.78 is 0. The molecular formula is C16H20N2O3. The van der Waals surface area contributed by atoms with Crippen molar-refractivity contribution in [2.24, 2.45) is 0 Å². The molecule has 3 amide bonds. The van der Waals surface area contributed by atoms with Crippen LogP contribution in [0.15, 0.2) is 24.3 Å². The van der Waals surface area contributed by atoms with Gasteiger partial charge in [0.2, 0.25) is 17.7 Å². The fourth-order valence-corrected chi connectivity index (χ4v) is 2.17. The number of carbonyl (C=O) groups excluding carboxylic acids is 3. The number of rotatable bonds is 6. The van der Waals surface area contributed by atoms with E-state index in [0.717, 1.165) is 17.7 Å². The minimum Gasteiger partial charge on any atom is -0.326 e. The van der Waals surface area contributed by atoms with Gasteiger partial charge in [-0.2, -0.15) is 0 Å². The van der Waals surface area contributed by atoms with Crippen LogP contribution in [-0.2, 0) is 20.8 Å². The maximum absolute atomic E-state index is 11.7. The van der Waals surface area contributed by atoms with E-state index in [1.54, 1.807) is 0 Å². The van der Waals surface area contributed by atoms with Crippen LogP contribution < -0.4 is 5.32 Å². The van der Waals surface area contributed by atoms with Crippen molar-refractivity contribution in [3.8, 4) is 0 Å². The molecule has 0 spiro atoms. The zero-order chi connectivity index (χ0) is 15.2. The number of amides is 3. The molecule has 0 saturated carbocycles. The molecular weight excluding hydrogens is 268 g/mol. The summed E-state index contributed by atoms with van der Waals surface area (Å²) in [5, 5.41) is 2.82. The van der Waals surface area contributed by atoms with Gasteiger partial charge in [-0.05, 0) is 30.5 Å². The Morgan fingerprint density at radius 1 is 1.19 bits per heavy atom. The molecule has 1 aliphatic heterocycles. The van der Waals surface area contributed by atoms with E-state index in [0.29, 0.717) is 32.2 Å². The third-order valence-corrected chi connectivity index (χ3v) is 3.49. The Kier molecular flexibility index (Phi) is 5.09. The molecule has 1 aromatic rings. The summed E-state index contributed by atoms with van der Waals surface area (Å²) in [6.07, 6.45) is 2.76. The van der Waals surface area contributed by atoms with E-state index < -0.39 is 0 Å². The molecule has 1 fully saturated rings. The van der Waals surface area contributed by atoms with E-state index in [1.807, 2.05) is 31.2 Å². The molecule has 2 rings (SSSR count). The van der Waals surface area contributed by atoms with Gasteiger partial charge in [0.05, 0.1) is 0 Å². The average molecular weight is 288 g/mol. The molecule has 0 unspecified atom stereocenters. The van der Waals surface area contributed by atoms with Gasteiger partial charge >= 0.3 is 0 Å². The number of aryl methyl sites for hydroxylation is 1. The molecule has 1 heterocycles. The Hall–Kier alpha value is -2.17. The number of benzene rings is 1. The number of hydrogen-bond donors (Lipinski definition) is 1. The lowest BCUT2D eigenvalue weighted by molar-refractivity contribution is -0.152. The lowest BCUT2D eigenvalue weighted by atomic mass is 10.1. The molecule has 1 aliphatic rings. The van der Waals surface area contributed by atoms with Crippen LogP contribution in [0.4, 0.5) is 5.69 Å². The first kappa shape index (κ1) is 15.2. The van der Waals surface area contributed by atoms with E-state index >= 15 is 0 Å². The molecule has 1 aromatic carbocycles. The van der Waals surface area contributed by atoms with Crippen LogP contribution in [0.1, 0.15) is 38.2 Å². The van der Waals surface area contributed by atoms with Crippen molar-refractivity contribution in [3.63, 3.8) is 0 Å². The van der Waals surface area contributed by atoms with Gasteiger partial charge in [-0.3, -0.25) is 19.3 Å². The quantitative estimate of drug-likeness (QED) is 0.815. The van der Waals surface area contributed by atoms with Crippen molar-refractivity contribution in [1.82, 2.24) is 4.90 Å². The van der Waals surface area contributed by atoms with Gasteiger partial charge in [-0.25, -0.2) is 0 Å². The molecule has 1 N–H and O–H groups in total. The van der Waals surface area contributed by atoms with Crippen LogP contribution in [0.3, 0.4) is 0 Å². The highest BCUT2D eigenvalue weighted by Crippen LogP contribution is 2.14. The molecule has 1 saturated heterocycles. The Labute approximate surface area is 124 Å². The van der Waals surface area contributed by atoms with Gasteiger partial charge in [-0.1, -0.05) is 19.1 Å². The molecule has 5 heteroatoms. The first-order valence-electron chi connectivity index (χ1n) is 7.32. The third-order valence-electron chi connectivity index (χ3n) is 3.49. The smallest absolute Gasteiger partial charge is 0.230 e. The van der Waals surface area contributed by atoms with E-state index in [2.05, 4.69) is 5.32 Å². The van der Waals surface area contributed by atoms with Crippen LogP contribution in [0.5, 0.6) is 0 Å². The van der Waals surface area contributed by atoms with Crippen molar-refractivity contribution in [1.29, 1.82) is 0 Å². The van der Waals surface area contributed by atoms with Gasteiger partial charge in [0.15, 0.2) is 0 Å². The van der Waals surface area contributed by atoms with Crippen molar-refractivity contribution in [3.05, 3.63) is 29.8 Å². The monoisotopic (exact) mass is 288 g/mol. The number of β-lactam (4-membered cyclic amide) rings is 1. The summed E-state index contributed by atoms with van der Waals surface area (Å²) in [5.41, 5.74) is 1.78. The van der Waals surface area contributed by atoms with E-state index in [4.69, 9.17) is 0 Å². The lowest BCUT2D eigenvalue weighted by Crippen LogP contribution is -2.47. The molecule has 0 bridgehead atoms. The highest BCUT2D eigenvalue weighted by Gasteiger charge is 2.29. The minimum atomic E-state index is -0.105. The van der Waals surface area contributed by atoms with Crippen LogP contribution in [0, 0.1) is 0 Å². The maximum Gasteiger partial charge on any atom is 0.230 e. The standard InChI is InChI=1S/C16H20N2O3/c1-2-3-14(19)17-13-7-4-12(5-8-13)6-9-15(20)18-11-10-16(18)21/h4-5,7-8H,2-3,6,9-11H2,1H3,(H,17,19). The molecule has 0 radical (unpaired) electrons. The molecule has 0 aromatic heterocycles. The van der Waals surface area contributed by atoms with Gasteiger partial charge < -0.3 is 5.32 Å². The third kappa shape index (κ3) is 4.15. The van der Waals surface area contributed by atoms with E-state index in [-0.39, 0.29) is 17.7 Å². The molecule has 0 atom stereocenters. The summed E-state index contributed by atoms with van der Waals surface area (Å²) in [6.45, 7) is 2.52. The topological polar surface area (TPSA) is 66.5 Å². The zero-order valence-corrected chi connectivity index (χ0v) is 12.2. The second kappa shape index (κ2) is 7.02. The number of nitrogens with zero attached hydrogens (tertiary/aromatic N) is 1. The van der Waals surface area contributed by atoms with E-state index in [1.165, 1.54) is 4.90 Å². The highest BCUT2D eigenvalue weighted by molar-refractivity contribution is 5.99. The first-order valence-corrected chi connectivity index (χ1v) is 7.32. The summed E-state index contributed by atoms with van der Waals surface area (Å²) in [6, 6.07) is 7.46. The molecule has 0 aliphatic carbocycles. The fourth-order valence-electron chi connectivity index (χ4n) is 2.17. The van der Waals surface area contributed by atoms with Crippen LogP contribution in [-0.4, -0.2) is 29.2 Å². The van der Waals surface area contributed by atoms with Crippen molar-refractivity contribution >= 4 is 23.4 Å². The number of nitrogens with one attached hydrogen (secondary N) is 1. The molecule has 21 heavy (non-hydrogen) atoms. The summed E-state index contributed by atoms with van der Waals surface area (Å²) in [5.74, 6) is -0.169. The zero-order valence-electron chi connectivity index (χ0n) is 12.2. The summed E-state index contributed by atoms with van der Waals surface area (Å²) in [7, 11) is 0.